The second kappa shape index (κ2) is 4.42. The summed E-state index contributed by atoms with van der Waals surface area (Å²) >= 11 is 0. The number of allylic oxidation sites excluding steroid dienone is 4. The summed E-state index contributed by atoms with van der Waals surface area (Å²) in [6.45, 7) is 0. The molecule has 0 fully saturated rings. The second-order valence-electron chi connectivity index (χ2n) is 4.22. The van der Waals surface area contributed by atoms with Crippen LogP contribution < -0.4 is 0 Å². The van der Waals surface area contributed by atoms with Crippen LogP contribution in [0.3, 0.4) is 0 Å². The van der Waals surface area contributed by atoms with Crippen LogP contribution in [0.5, 0.6) is 0 Å². The van der Waals surface area contributed by atoms with Gasteiger partial charge in [0.05, 0.1) is 0 Å². The molecular weight excluding hydrogens is 204 g/mol. The number of benzene rings is 2. The molecule has 0 nitrogen and oxygen atoms in total. The summed E-state index contributed by atoms with van der Waals surface area (Å²) in [6, 6.07) is 12.9. The zero-order chi connectivity index (χ0) is 11.5. The molecule has 0 bridgehead atoms. The molecule has 0 unspecified atom stereocenters. The first-order chi connectivity index (χ1) is 8.45. The highest BCUT2D eigenvalue weighted by Gasteiger charge is 2.06. The van der Waals surface area contributed by atoms with Crippen LogP contribution >= 0.6 is 0 Å². The average molecular weight is 218 g/mol. The Kier molecular flexibility index (Phi) is 2.63. The molecule has 0 aromatic heterocycles. The highest BCUT2D eigenvalue weighted by molar-refractivity contribution is 6.04. The molecule has 0 spiro atoms. The summed E-state index contributed by atoms with van der Waals surface area (Å²) in [5, 5.41) is 2.75. The Morgan fingerprint density at radius 2 is 1.29 bits per heavy atom. The second-order valence-corrected chi connectivity index (χ2v) is 4.22. The van der Waals surface area contributed by atoms with E-state index in [1.165, 1.54) is 21.9 Å². The molecular formula is C17H14. The fourth-order valence-corrected chi connectivity index (χ4v) is 2.25. The van der Waals surface area contributed by atoms with Gasteiger partial charge in [-0.05, 0) is 28.3 Å². The summed E-state index contributed by atoms with van der Waals surface area (Å²) in [4.78, 5) is 0. The van der Waals surface area contributed by atoms with E-state index in [4.69, 9.17) is 0 Å². The van der Waals surface area contributed by atoms with E-state index < -0.39 is 0 Å². The smallest absolute Gasteiger partial charge is 0.00389 e. The predicted molar refractivity (Wildman–Crippen MR) is 75.8 cm³/mol. The third-order valence-corrected chi connectivity index (χ3v) is 3.07. The molecule has 0 saturated heterocycles. The molecule has 2 aromatic rings. The van der Waals surface area contributed by atoms with Gasteiger partial charge in [0, 0.05) is 0 Å². The van der Waals surface area contributed by atoms with Gasteiger partial charge in [0.25, 0.3) is 0 Å². The van der Waals surface area contributed by atoms with Crippen molar-refractivity contribution in [2.24, 2.45) is 0 Å². The van der Waals surface area contributed by atoms with Crippen molar-refractivity contribution in [2.45, 2.75) is 6.42 Å². The molecule has 4 rings (SSSR count). The van der Waals surface area contributed by atoms with Gasteiger partial charge in [-0.1, -0.05) is 72.9 Å². The Balaban J connectivity index is 0.000000153. The van der Waals surface area contributed by atoms with Crippen LogP contribution in [0.2, 0.25) is 0 Å². The Hall–Kier alpha value is -2.08. The van der Waals surface area contributed by atoms with E-state index >= 15 is 0 Å². The fraction of sp³-hybridized carbons (Fsp3) is 0.0588. The van der Waals surface area contributed by atoms with Gasteiger partial charge >= 0.3 is 0 Å². The summed E-state index contributed by atoms with van der Waals surface area (Å²) in [5.74, 6) is 0. The zero-order valence-electron chi connectivity index (χ0n) is 9.64. The first kappa shape index (κ1) is 10.1. The largest absolute Gasteiger partial charge is 0.0808 e. The minimum Gasteiger partial charge on any atom is -0.0808 e. The molecule has 0 N–H and O–H groups in total. The highest BCUT2D eigenvalue weighted by Crippen LogP contribution is 2.30. The highest BCUT2D eigenvalue weighted by atomic mass is 14.1. The van der Waals surface area contributed by atoms with Crippen LogP contribution in [0.15, 0.2) is 60.7 Å². The average Bonchev–Trinajstić information content (AvgIpc) is 3.04. The third-order valence-electron chi connectivity index (χ3n) is 3.07. The lowest BCUT2D eigenvalue weighted by molar-refractivity contribution is 1.45. The lowest BCUT2D eigenvalue weighted by Gasteiger charge is -1.99. The fourth-order valence-electron chi connectivity index (χ4n) is 2.25. The summed E-state index contributed by atoms with van der Waals surface area (Å²) in [5.41, 5.74) is 2.70. The SMILES string of the molecule is C1=CCC=C1.C1=Cc2cccc3cccc1c23. The van der Waals surface area contributed by atoms with Crippen molar-refractivity contribution in [3.8, 4) is 0 Å². The molecule has 0 atom stereocenters. The Morgan fingerprint density at radius 1 is 0.706 bits per heavy atom. The molecule has 0 aliphatic heterocycles. The normalized spacial score (nSPS) is 14.1. The summed E-state index contributed by atoms with van der Waals surface area (Å²) in [6.07, 6.45) is 13.9. The minimum atomic E-state index is 1.14. The molecule has 0 radical (unpaired) electrons. The molecule has 2 aliphatic carbocycles. The van der Waals surface area contributed by atoms with Gasteiger partial charge in [0.15, 0.2) is 0 Å². The molecule has 0 heterocycles. The maximum atomic E-state index is 2.18. The van der Waals surface area contributed by atoms with Gasteiger partial charge in [0.2, 0.25) is 0 Å². The molecule has 17 heavy (non-hydrogen) atoms. The number of hydrogen-bond donors (Lipinski definition) is 0. The standard InChI is InChI=1S/C12H8.C5H6/c1-3-9-4-2-6-11-8-7-10(5-1)12(9)11;1-2-4-5-3-1/h1-8H;1-4H,5H2. The van der Waals surface area contributed by atoms with E-state index in [0.717, 1.165) is 6.42 Å². The maximum Gasteiger partial charge on any atom is -0.00389 e. The van der Waals surface area contributed by atoms with Crippen molar-refractivity contribution in [3.05, 3.63) is 71.8 Å². The van der Waals surface area contributed by atoms with Gasteiger partial charge in [-0.25, -0.2) is 0 Å². The van der Waals surface area contributed by atoms with Crippen LogP contribution in [-0.2, 0) is 0 Å². The summed E-state index contributed by atoms with van der Waals surface area (Å²) in [7, 11) is 0. The van der Waals surface area contributed by atoms with Gasteiger partial charge in [-0.15, -0.1) is 0 Å². The van der Waals surface area contributed by atoms with Gasteiger partial charge in [0.1, 0.15) is 0 Å². The Morgan fingerprint density at radius 3 is 1.76 bits per heavy atom. The van der Waals surface area contributed by atoms with Crippen molar-refractivity contribution < 1.29 is 0 Å². The van der Waals surface area contributed by atoms with E-state index in [0.29, 0.717) is 0 Å². The topological polar surface area (TPSA) is 0 Å². The zero-order valence-corrected chi connectivity index (χ0v) is 9.64. The maximum absolute atomic E-state index is 2.18. The number of hydrogen-bond acceptors (Lipinski definition) is 0. The summed E-state index contributed by atoms with van der Waals surface area (Å²) < 4.78 is 0. The van der Waals surface area contributed by atoms with E-state index in [1.54, 1.807) is 0 Å². The quantitative estimate of drug-likeness (QED) is 0.507. The van der Waals surface area contributed by atoms with E-state index in [2.05, 4.69) is 72.9 Å². The van der Waals surface area contributed by atoms with Gasteiger partial charge in [-0.2, -0.15) is 0 Å². The van der Waals surface area contributed by atoms with Crippen LogP contribution in [0.25, 0.3) is 22.9 Å². The predicted octanol–water partition coefficient (Wildman–Crippen LogP) is 4.83. The Bertz CT molecular complexity index is 577. The van der Waals surface area contributed by atoms with Crippen molar-refractivity contribution in [3.63, 3.8) is 0 Å². The van der Waals surface area contributed by atoms with E-state index in [1.807, 2.05) is 0 Å². The van der Waals surface area contributed by atoms with Crippen LogP contribution in [0, 0.1) is 0 Å². The molecule has 0 heteroatoms. The third kappa shape index (κ3) is 1.94. The lowest BCUT2D eigenvalue weighted by atomic mass is 10.0. The van der Waals surface area contributed by atoms with E-state index in [-0.39, 0.29) is 0 Å². The van der Waals surface area contributed by atoms with Crippen LogP contribution in [0.4, 0.5) is 0 Å². The molecule has 2 aliphatic rings. The molecule has 0 amide bonds. The van der Waals surface area contributed by atoms with Crippen molar-refractivity contribution in [1.29, 1.82) is 0 Å². The minimum absolute atomic E-state index is 1.14. The van der Waals surface area contributed by atoms with E-state index in [9.17, 15) is 0 Å². The number of rotatable bonds is 0. The van der Waals surface area contributed by atoms with Gasteiger partial charge < -0.3 is 0 Å². The Labute approximate surface area is 102 Å². The van der Waals surface area contributed by atoms with Crippen molar-refractivity contribution in [2.75, 3.05) is 0 Å². The first-order valence-electron chi connectivity index (χ1n) is 5.97. The monoisotopic (exact) mass is 218 g/mol. The van der Waals surface area contributed by atoms with Gasteiger partial charge in [-0.3, -0.25) is 0 Å². The van der Waals surface area contributed by atoms with Crippen molar-refractivity contribution in [1.82, 2.24) is 0 Å². The van der Waals surface area contributed by atoms with Crippen LogP contribution in [0.1, 0.15) is 17.5 Å². The molecule has 0 saturated carbocycles. The van der Waals surface area contributed by atoms with Crippen molar-refractivity contribution >= 4 is 22.9 Å². The molecule has 2 aromatic carbocycles. The first-order valence-corrected chi connectivity index (χ1v) is 5.97. The van der Waals surface area contributed by atoms with Crippen LogP contribution in [-0.4, -0.2) is 0 Å². The lowest BCUT2D eigenvalue weighted by Crippen LogP contribution is -1.76. The molecule has 82 valence electrons.